The highest BCUT2D eigenvalue weighted by Crippen LogP contribution is 2.34. The Labute approximate surface area is 119 Å². The Balaban J connectivity index is 2.10. The number of hydrogen-bond acceptors (Lipinski definition) is 2. The molecule has 0 aromatic carbocycles. The van der Waals surface area contributed by atoms with Crippen molar-refractivity contribution in [2.75, 3.05) is 13.2 Å². The van der Waals surface area contributed by atoms with Crippen LogP contribution in [0.5, 0.6) is 0 Å². The van der Waals surface area contributed by atoms with Crippen molar-refractivity contribution >= 4 is 0 Å². The van der Waals surface area contributed by atoms with Gasteiger partial charge in [0.05, 0.1) is 11.6 Å². The molecule has 2 unspecified atom stereocenters. The van der Waals surface area contributed by atoms with Crippen LogP contribution in [0.3, 0.4) is 0 Å². The van der Waals surface area contributed by atoms with Gasteiger partial charge in [0.25, 0.3) is 0 Å². The van der Waals surface area contributed by atoms with Gasteiger partial charge in [0.15, 0.2) is 0 Å². The van der Waals surface area contributed by atoms with Crippen LogP contribution in [-0.4, -0.2) is 24.8 Å². The summed E-state index contributed by atoms with van der Waals surface area (Å²) in [6.07, 6.45) is 14.2. The second kappa shape index (κ2) is 7.44. The number of allylic oxidation sites excluding steroid dienone is 1. The lowest BCUT2D eigenvalue weighted by Gasteiger charge is -2.36. The number of nitrogens with one attached hydrogen (secondary N) is 1. The van der Waals surface area contributed by atoms with E-state index < -0.39 is 0 Å². The Morgan fingerprint density at radius 1 is 1.26 bits per heavy atom. The van der Waals surface area contributed by atoms with Crippen LogP contribution < -0.4 is 5.32 Å². The molecule has 2 atom stereocenters. The van der Waals surface area contributed by atoms with Gasteiger partial charge in [0.2, 0.25) is 0 Å². The van der Waals surface area contributed by atoms with Crippen molar-refractivity contribution in [1.29, 1.82) is 0 Å². The smallest absolute Gasteiger partial charge is 0.0845 e. The van der Waals surface area contributed by atoms with Gasteiger partial charge in [0.1, 0.15) is 0 Å². The molecule has 2 heteroatoms. The molecule has 0 saturated carbocycles. The summed E-state index contributed by atoms with van der Waals surface area (Å²) in [4.78, 5) is 0. The molecule has 110 valence electrons. The molecule has 0 aromatic heterocycles. The van der Waals surface area contributed by atoms with Crippen molar-refractivity contribution in [1.82, 2.24) is 5.32 Å². The van der Waals surface area contributed by atoms with Crippen LogP contribution in [0.1, 0.15) is 71.6 Å². The maximum atomic E-state index is 6.12. The molecule has 0 radical (unpaired) electrons. The molecule has 1 fully saturated rings. The topological polar surface area (TPSA) is 21.3 Å². The highest BCUT2D eigenvalue weighted by atomic mass is 16.5. The molecule has 0 amide bonds. The third-order valence-electron chi connectivity index (χ3n) is 4.66. The molecule has 0 bridgehead atoms. The van der Waals surface area contributed by atoms with Crippen molar-refractivity contribution in [3.63, 3.8) is 0 Å². The quantitative estimate of drug-likeness (QED) is 0.752. The van der Waals surface area contributed by atoms with Crippen LogP contribution in [0.25, 0.3) is 0 Å². The number of ether oxygens (including phenoxy) is 1. The predicted molar refractivity (Wildman–Crippen MR) is 81.5 cm³/mol. The molecule has 1 N–H and O–H groups in total. The first-order valence-electron chi connectivity index (χ1n) is 8.32. The molecule has 1 aliphatic heterocycles. The lowest BCUT2D eigenvalue weighted by atomic mass is 9.83. The fourth-order valence-corrected chi connectivity index (χ4v) is 3.53. The first-order valence-corrected chi connectivity index (χ1v) is 8.32. The number of rotatable bonds is 5. The summed E-state index contributed by atoms with van der Waals surface area (Å²) in [5.74, 6) is 0. The molecule has 1 heterocycles. The zero-order valence-corrected chi connectivity index (χ0v) is 12.8. The molecule has 1 saturated heterocycles. The Hall–Kier alpha value is -0.340. The van der Waals surface area contributed by atoms with Crippen LogP contribution in [0.4, 0.5) is 0 Å². The zero-order valence-electron chi connectivity index (χ0n) is 12.8. The normalized spacial score (nSPS) is 30.5. The van der Waals surface area contributed by atoms with E-state index in [4.69, 9.17) is 4.74 Å². The predicted octanol–water partition coefficient (Wildman–Crippen LogP) is 4.20. The molecular weight excluding hydrogens is 234 g/mol. The Morgan fingerprint density at radius 2 is 2.11 bits per heavy atom. The molecule has 1 aliphatic carbocycles. The summed E-state index contributed by atoms with van der Waals surface area (Å²) in [6, 6.07) is 0.438. The maximum Gasteiger partial charge on any atom is 0.0845 e. The van der Waals surface area contributed by atoms with Crippen LogP contribution in [0.15, 0.2) is 11.6 Å². The number of hydrogen-bond donors (Lipinski definition) is 1. The van der Waals surface area contributed by atoms with Crippen LogP contribution >= 0.6 is 0 Å². The lowest BCUT2D eigenvalue weighted by molar-refractivity contribution is -0.00261. The minimum atomic E-state index is 0.0280. The molecule has 2 rings (SSSR count). The fraction of sp³-hybridized carbons (Fsp3) is 0.882. The van der Waals surface area contributed by atoms with Crippen molar-refractivity contribution in [2.45, 2.75) is 83.3 Å². The minimum Gasteiger partial charge on any atom is -0.373 e. The minimum absolute atomic E-state index is 0.0280. The van der Waals surface area contributed by atoms with E-state index in [2.05, 4.69) is 25.2 Å². The van der Waals surface area contributed by atoms with Gasteiger partial charge in [-0.05, 0) is 58.4 Å². The van der Waals surface area contributed by atoms with Crippen LogP contribution in [0.2, 0.25) is 0 Å². The third kappa shape index (κ3) is 4.06. The molecule has 2 nitrogen and oxygen atoms in total. The van der Waals surface area contributed by atoms with Crippen LogP contribution in [-0.2, 0) is 4.74 Å². The summed E-state index contributed by atoms with van der Waals surface area (Å²) in [7, 11) is 0. The monoisotopic (exact) mass is 265 g/mol. The van der Waals surface area contributed by atoms with Gasteiger partial charge in [0, 0.05) is 6.61 Å². The average Bonchev–Trinajstić information content (AvgIpc) is 2.79. The summed E-state index contributed by atoms with van der Waals surface area (Å²) in [5, 5.41) is 3.78. The first-order chi connectivity index (χ1) is 9.26. The molecular formula is C17H31NO. The Morgan fingerprint density at radius 3 is 2.84 bits per heavy atom. The molecule has 2 aliphatic rings. The van der Waals surface area contributed by atoms with Gasteiger partial charge < -0.3 is 10.1 Å². The summed E-state index contributed by atoms with van der Waals surface area (Å²) >= 11 is 0. The standard InChI is InChI=1S/C17H31NO/c1-3-13-18-16(17(2)12-9-14-19-17)15-10-7-5-4-6-8-11-15/h10,16,18H,3-9,11-14H2,1-2H3. The lowest BCUT2D eigenvalue weighted by Crippen LogP contribution is -2.50. The molecule has 19 heavy (non-hydrogen) atoms. The zero-order chi connectivity index (χ0) is 13.6. The molecule has 0 aromatic rings. The first kappa shape index (κ1) is 15.1. The van der Waals surface area contributed by atoms with Crippen molar-refractivity contribution in [3.05, 3.63) is 11.6 Å². The van der Waals surface area contributed by atoms with Gasteiger partial charge in [-0.25, -0.2) is 0 Å². The Kier molecular flexibility index (Phi) is 5.90. The van der Waals surface area contributed by atoms with E-state index >= 15 is 0 Å². The second-order valence-corrected chi connectivity index (χ2v) is 6.38. The second-order valence-electron chi connectivity index (χ2n) is 6.38. The van der Waals surface area contributed by atoms with Gasteiger partial charge in [-0.3, -0.25) is 0 Å². The van der Waals surface area contributed by atoms with Gasteiger partial charge in [-0.2, -0.15) is 0 Å². The van der Waals surface area contributed by atoms with E-state index in [9.17, 15) is 0 Å². The van der Waals surface area contributed by atoms with Crippen molar-refractivity contribution < 1.29 is 4.74 Å². The largest absolute Gasteiger partial charge is 0.373 e. The summed E-state index contributed by atoms with van der Waals surface area (Å²) < 4.78 is 6.12. The van der Waals surface area contributed by atoms with E-state index in [1.165, 1.54) is 57.8 Å². The van der Waals surface area contributed by atoms with Crippen LogP contribution in [0, 0.1) is 0 Å². The summed E-state index contributed by atoms with van der Waals surface area (Å²) in [6.45, 7) is 6.59. The van der Waals surface area contributed by atoms with Gasteiger partial charge >= 0.3 is 0 Å². The highest BCUT2D eigenvalue weighted by molar-refractivity contribution is 5.18. The van der Waals surface area contributed by atoms with Gasteiger partial charge in [-0.15, -0.1) is 0 Å². The fourth-order valence-electron chi connectivity index (χ4n) is 3.53. The average molecular weight is 265 g/mol. The SMILES string of the molecule is CCCNC(C1=CCCCCCC1)C1(C)CCCO1. The van der Waals surface area contributed by atoms with Crippen molar-refractivity contribution in [2.24, 2.45) is 0 Å². The highest BCUT2D eigenvalue weighted by Gasteiger charge is 2.39. The third-order valence-corrected chi connectivity index (χ3v) is 4.66. The van der Waals surface area contributed by atoms with E-state index in [0.717, 1.165) is 13.2 Å². The summed E-state index contributed by atoms with van der Waals surface area (Å²) in [5.41, 5.74) is 1.65. The van der Waals surface area contributed by atoms with E-state index in [1.54, 1.807) is 5.57 Å². The molecule has 0 spiro atoms. The van der Waals surface area contributed by atoms with E-state index in [1.807, 2.05) is 0 Å². The van der Waals surface area contributed by atoms with E-state index in [0.29, 0.717) is 6.04 Å². The maximum absolute atomic E-state index is 6.12. The van der Waals surface area contributed by atoms with Gasteiger partial charge in [-0.1, -0.05) is 31.4 Å². The van der Waals surface area contributed by atoms with E-state index in [-0.39, 0.29) is 5.60 Å². The van der Waals surface area contributed by atoms with Crippen molar-refractivity contribution in [3.8, 4) is 0 Å². The Bertz CT molecular complexity index is 292.